The van der Waals surface area contributed by atoms with Gasteiger partial charge >= 0.3 is 0 Å². The van der Waals surface area contributed by atoms with E-state index in [0.717, 1.165) is 4.47 Å². The largest absolute Gasteiger partial charge is 0.497 e. The highest BCUT2D eigenvalue weighted by molar-refractivity contribution is 9.10. The summed E-state index contributed by atoms with van der Waals surface area (Å²) in [7, 11) is 1.59. The molecule has 0 saturated heterocycles. The van der Waals surface area contributed by atoms with E-state index in [4.69, 9.17) is 4.74 Å². The average Bonchev–Trinajstić information content (AvgIpc) is 2.85. The third-order valence-electron chi connectivity index (χ3n) is 2.21. The predicted molar refractivity (Wildman–Crippen MR) is 73.0 cm³/mol. The van der Waals surface area contributed by atoms with Crippen LogP contribution in [0.5, 0.6) is 5.75 Å². The second-order valence-electron chi connectivity index (χ2n) is 3.31. The van der Waals surface area contributed by atoms with Crippen LogP contribution >= 0.6 is 27.3 Å². The number of halogens is 1. The molecule has 1 aromatic carbocycles. The van der Waals surface area contributed by atoms with Crippen LogP contribution in [0.15, 0.2) is 39.5 Å². The molecule has 1 N–H and O–H groups in total. The topological polar surface area (TPSA) is 38.3 Å². The van der Waals surface area contributed by atoms with Crippen LogP contribution in [-0.2, 0) is 0 Å². The van der Waals surface area contributed by atoms with Crippen molar-refractivity contribution in [3.8, 4) is 5.75 Å². The van der Waals surface area contributed by atoms with Crippen molar-refractivity contribution in [3.05, 3.63) is 45.1 Å². The van der Waals surface area contributed by atoms with E-state index >= 15 is 0 Å². The number of methoxy groups -OCH3 is 1. The molecule has 0 radical (unpaired) electrons. The Kier molecular flexibility index (Phi) is 3.81. The smallest absolute Gasteiger partial charge is 0.256 e. The summed E-state index contributed by atoms with van der Waals surface area (Å²) in [5.74, 6) is 0.578. The number of amides is 1. The van der Waals surface area contributed by atoms with E-state index in [1.54, 1.807) is 19.2 Å². The third kappa shape index (κ3) is 2.87. The Morgan fingerprint density at radius 2 is 2.24 bits per heavy atom. The number of anilines is 1. The van der Waals surface area contributed by atoms with Crippen LogP contribution in [-0.4, -0.2) is 13.0 Å². The predicted octanol–water partition coefficient (Wildman–Crippen LogP) is 3.77. The summed E-state index contributed by atoms with van der Waals surface area (Å²) >= 11 is 4.88. The van der Waals surface area contributed by atoms with Crippen molar-refractivity contribution in [1.82, 2.24) is 0 Å². The number of carbonyl (C=O) groups is 1. The molecule has 88 valence electrons. The van der Waals surface area contributed by atoms with E-state index in [-0.39, 0.29) is 5.91 Å². The molecule has 2 rings (SSSR count). The normalized spacial score (nSPS) is 10.0. The van der Waals surface area contributed by atoms with Crippen molar-refractivity contribution in [2.75, 3.05) is 12.4 Å². The molecule has 0 aliphatic carbocycles. The van der Waals surface area contributed by atoms with Gasteiger partial charge < -0.3 is 10.1 Å². The fourth-order valence-electron chi connectivity index (χ4n) is 1.32. The third-order valence-corrected chi connectivity index (χ3v) is 3.58. The number of hydrogen-bond donors (Lipinski definition) is 1. The summed E-state index contributed by atoms with van der Waals surface area (Å²) in [6.45, 7) is 0. The molecule has 0 spiro atoms. The first-order chi connectivity index (χ1) is 8.20. The van der Waals surface area contributed by atoms with Crippen LogP contribution in [0, 0.1) is 0 Å². The van der Waals surface area contributed by atoms with Gasteiger partial charge in [-0.25, -0.2) is 0 Å². The number of benzene rings is 1. The Labute approximate surface area is 112 Å². The van der Waals surface area contributed by atoms with Gasteiger partial charge in [0.15, 0.2) is 0 Å². The Balaban J connectivity index is 2.21. The van der Waals surface area contributed by atoms with Crippen LogP contribution < -0.4 is 10.1 Å². The molecule has 0 atom stereocenters. The van der Waals surface area contributed by atoms with Crippen LogP contribution in [0.4, 0.5) is 5.69 Å². The van der Waals surface area contributed by atoms with Crippen LogP contribution in [0.2, 0.25) is 0 Å². The van der Waals surface area contributed by atoms with E-state index in [9.17, 15) is 4.79 Å². The lowest BCUT2D eigenvalue weighted by Gasteiger charge is -2.08. The molecule has 5 heteroatoms. The van der Waals surface area contributed by atoms with Crippen molar-refractivity contribution in [2.24, 2.45) is 0 Å². The summed E-state index contributed by atoms with van der Waals surface area (Å²) in [5, 5.41) is 6.51. The van der Waals surface area contributed by atoms with Crippen LogP contribution in [0.3, 0.4) is 0 Å². The maximum atomic E-state index is 11.9. The lowest BCUT2D eigenvalue weighted by atomic mass is 10.2. The van der Waals surface area contributed by atoms with Gasteiger partial charge in [0.1, 0.15) is 5.75 Å². The maximum absolute atomic E-state index is 11.9. The molecule has 1 heterocycles. The van der Waals surface area contributed by atoms with E-state index in [2.05, 4.69) is 21.2 Å². The molecule has 0 saturated carbocycles. The first-order valence-corrected chi connectivity index (χ1v) is 6.61. The van der Waals surface area contributed by atoms with E-state index in [1.165, 1.54) is 11.3 Å². The Morgan fingerprint density at radius 3 is 2.88 bits per heavy atom. The highest BCUT2D eigenvalue weighted by atomic mass is 79.9. The minimum Gasteiger partial charge on any atom is -0.497 e. The summed E-state index contributed by atoms with van der Waals surface area (Å²) in [6, 6.07) is 7.22. The first-order valence-electron chi connectivity index (χ1n) is 4.88. The van der Waals surface area contributed by atoms with Gasteiger partial charge in [0.2, 0.25) is 0 Å². The fraction of sp³-hybridized carbons (Fsp3) is 0.0833. The molecule has 0 unspecified atom stereocenters. The Morgan fingerprint density at radius 1 is 1.41 bits per heavy atom. The zero-order chi connectivity index (χ0) is 12.3. The summed E-state index contributed by atoms with van der Waals surface area (Å²) in [5.41, 5.74) is 1.35. The maximum Gasteiger partial charge on any atom is 0.256 e. The number of nitrogens with one attached hydrogen (secondary N) is 1. The Bertz CT molecular complexity index is 525. The number of carbonyl (C=O) groups excluding carboxylic acids is 1. The van der Waals surface area contributed by atoms with Crippen LogP contribution in [0.1, 0.15) is 10.4 Å². The number of thiophene rings is 1. The molecule has 2 aromatic rings. The molecule has 0 fully saturated rings. The van der Waals surface area contributed by atoms with E-state index < -0.39 is 0 Å². The lowest BCUT2D eigenvalue weighted by Crippen LogP contribution is -2.11. The van der Waals surface area contributed by atoms with Gasteiger partial charge in [0, 0.05) is 15.9 Å². The van der Waals surface area contributed by atoms with Crippen molar-refractivity contribution in [1.29, 1.82) is 0 Å². The zero-order valence-corrected chi connectivity index (χ0v) is 11.5. The van der Waals surface area contributed by atoms with Gasteiger partial charge in [-0.05, 0) is 39.5 Å². The van der Waals surface area contributed by atoms with E-state index in [1.807, 2.05) is 22.9 Å². The number of ether oxygens (including phenoxy) is 1. The lowest BCUT2D eigenvalue weighted by molar-refractivity contribution is 0.102. The molecule has 17 heavy (non-hydrogen) atoms. The summed E-state index contributed by atoms with van der Waals surface area (Å²) in [6.07, 6.45) is 0. The molecule has 1 amide bonds. The average molecular weight is 312 g/mol. The highest BCUT2D eigenvalue weighted by Gasteiger charge is 2.09. The molecular weight excluding hydrogens is 302 g/mol. The van der Waals surface area contributed by atoms with Gasteiger partial charge in [-0.2, -0.15) is 11.3 Å². The fourth-order valence-corrected chi connectivity index (χ4v) is 2.30. The van der Waals surface area contributed by atoms with Crippen molar-refractivity contribution in [2.45, 2.75) is 0 Å². The standard InChI is InChI=1S/C12H10BrNO2S/c1-16-9-2-3-10(13)11(6-9)14-12(15)8-4-5-17-7-8/h2-7H,1H3,(H,14,15). The van der Waals surface area contributed by atoms with Crippen molar-refractivity contribution < 1.29 is 9.53 Å². The second kappa shape index (κ2) is 5.33. The first kappa shape index (κ1) is 12.1. The van der Waals surface area contributed by atoms with Crippen molar-refractivity contribution >= 4 is 38.9 Å². The minimum atomic E-state index is -0.125. The van der Waals surface area contributed by atoms with Crippen LogP contribution in [0.25, 0.3) is 0 Å². The number of rotatable bonds is 3. The summed E-state index contributed by atoms with van der Waals surface area (Å²) in [4.78, 5) is 11.9. The molecule has 0 bridgehead atoms. The minimum absolute atomic E-state index is 0.125. The summed E-state index contributed by atoms with van der Waals surface area (Å²) < 4.78 is 5.93. The highest BCUT2D eigenvalue weighted by Crippen LogP contribution is 2.27. The molecule has 3 nitrogen and oxygen atoms in total. The zero-order valence-electron chi connectivity index (χ0n) is 9.07. The molecule has 1 aromatic heterocycles. The molecule has 0 aliphatic rings. The SMILES string of the molecule is COc1ccc(Br)c(NC(=O)c2ccsc2)c1. The van der Waals surface area contributed by atoms with Gasteiger partial charge in [0.05, 0.1) is 18.4 Å². The van der Waals surface area contributed by atoms with Gasteiger partial charge in [-0.3, -0.25) is 4.79 Å². The quantitative estimate of drug-likeness (QED) is 0.937. The van der Waals surface area contributed by atoms with Gasteiger partial charge in [0.25, 0.3) is 5.91 Å². The van der Waals surface area contributed by atoms with Crippen molar-refractivity contribution in [3.63, 3.8) is 0 Å². The molecular formula is C12H10BrNO2S. The Hall–Kier alpha value is -1.33. The number of hydrogen-bond acceptors (Lipinski definition) is 3. The second-order valence-corrected chi connectivity index (χ2v) is 4.95. The van der Waals surface area contributed by atoms with Gasteiger partial charge in [-0.15, -0.1) is 0 Å². The van der Waals surface area contributed by atoms with E-state index in [0.29, 0.717) is 17.0 Å². The molecule has 0 aliphatic heterocycles. The van der Waals surface area contributed by atoms with Gasteiger partial charge in [-0.1, -0.05) is 0 Å². The monoisotopic (exact) mass is 311 g/mol.